The minimum absolute atomic E-state index is 0.121. The highest BCUT2D eigenvalue weighted by atomic mass is 19.3. The van der Waals surface area contributed by atoms with E-state index in [4.69, 9.17) is 10.5 Å². The highest BCUT2D eigenvalue weighted by molar-refractivity contribution is 4.79. The van der Waals surface area contributed by atoms with Crippen LogP contribution in [-0.4, -0.2) is 25.2 Å². The zero-order valence-corrected chi connectivity index (χ0v) is 7.22. The molecule has 0 aromatic rings. The van der Waals surface area contributed by atoms with E-state index >= 15 is 0 Å². The first-order valence-corrected chi connectivity index (χ1v) is 4.20. The van der Waals surface area contributed by atoms with Crippen LogP contribution in [-0.2, 0) is 4.74 Å². The van der Waals surface area contributed by atoms with E-state index < -0.39 is 5.92 Å². The third kappa shape index (κ3) is 3.03. The van der Waals surface area contributed by atoms with Gasteiger partial charge in [-0.05, 0) is 13.3 Å². The van der Waals surface area contributed by atoms with Crippen molar-refractivity contribution in [1.29, 1.82) is 0 Å². The number of nitrogens with two attached hydrogens (primary N) is 1. The van der Waals surface area contributed by atoms with Gasteiger partial charge in [-0.25, -0.2) is 8.78 Å². The van der Waals surface area contributed by atoms with Gasteiger partial charge in [0.05, 0.1) is 6.61 Å². The maximum Gasteiger partial charge on any atom is 0.245 e. The van der Waals surface area contributed by atoms with Crippen molar-refractivity contribution in [3.8, 4) is 0 Å². The number of halogens is 2. The van der Waals surface area contributed by atoms with E-state index in [1.165, 1.54) is 0 Å². The molecule has 0 saturated carbocycles. The minimum atomic E-state index is -2.62. The lowest BCUT2D eigenvalue weighted by Crippen LogP contribution is -2.41. The molecule has 2 atom stereocenters. The first kappa shape index (κ1) is 9.86. The largest absolute Gasteiger partial charge is 0.381 e. The van der Waals surface area contributed by atoms with Crippen LogP contribution in [0.3, 0.4) is 0 Å². The number of rotatable bonds is 2. The van der Waals surface area contributed by atoms with Crippen molar-refractivity contribution < 1.29 is 13.5 Å². The Morgan fingerprint density at radius 3 is 2.75 bits per heavy atom. The number of hydrogen-bond acceptors (Lipinski definition) is 2. The average Bonchev–Trinajstić information content (AvgIpc) is 1.91. The molecule has 12 heavy (non-hydrogen) atoms. The Balaban J connectivity index is 2.39. The lowest BCUT2D eigenvalue weighted by Gasteiger charge is -2.30. The molecule has 2 nitrogen and oxygen atoms in total. The van der Waals surface area contributed by atoms with Crippen molar-refractivity contribution in [2.45, 2.75) is 31.7 Å². The van der Waals surface area contributed by atoms with Crippen molar-refractivity contribution in [1.82, 2.24) is 0 Å². The number of ether oxygens (including phenoxy) is 1. The van der Waals surface area contributed by atoms with E-state index in [0.29, 0.717) is 19.6 Å². The molecular weight excluding hydrogens is 164 g/mol. The Bertz CT molecular complexity index is 146. The standard InChI is InChI=1S/C8H15F2NO/c1-8(9,10)4-6-5-12-3-2-7(6)11/h6-7H,2-5,11H2,1H3. The molecule has 1 saturated heterocycles. The van der Waals surface area contributed by atoms with Gasteiger partial charge in [-0.2, -0.15) is 0 Å². The Kier molecular flexibility index (Phi) is 3.01. The Morgan fingerprint density at radius 2 is 2.25 bits per heavy atom. The van der Waals surface area contributed by atoms with Gasteiger partial charge < -0.3 is 10.5 Å². The number of hydrogen-bond donors (Lipinski definition) is 1. The summed E-state index contributed by atoms with van der Waals surface area (Å²) in [7, 11) is 0. The molecule has 2 N–H and O–H groups in total. The summed E-state index contributed by atoms with van der Waals surface area (Å²) in [4.78, 5) is 0. The maximum atomic E-state index is 12.6. The molecule has 2 unspecified atom stereocenters. The summed E-state index contributed by atoms with van der Waals surface area (Å²) in [6.45, 7) is 1.91. The monoisotopic (exact) mass is 179 g/mol. The molecular formula is C8H15F2NO. The normalized spacial score (nSPS) is 32.0. The van der Waals surface area contributed by atoms with E-state index in [1.54, 1.807) is 0 Å². The highest BCUT2D eigenvalue weighted by Gasteiger charge is 2.32. The van der Waals surface area contributed by atoms with Gasteiger partial charge in [0.1, 0.15) is 0 Å². The lowest BCUT2D eigenvalue weighted by atomic mass is 9.91. The summed E-state index contributed by atoms with van der Waals surface area (Å²) in [6.07, 6.45) is 0.537. The van der Waals surface area contributed by atoms with Crippen LogP contribution in [0.15, 0.2) is 0 Å². The van der Waals surface area contributed by atoms with Gasteiger partial charge in [-0.3, -0.25) is 0 Å². The second-order valence-electron chi connectivity index (χ2n) is 3.56. The van der Waals surface area contributed by atoms with Crippen LogP contribution in [0.1, 0.15) is 19.8 Å². The number of alkyl halides is 2. The average molecular weight is 179 g/mol. The van der Waals surface area contributed by atoms with Crippen LogP contribution >= 0.6 is 0 Å². The molecule has 0 spiro atoms. The molecule has 0 aromatic heterocycles. The first-order valence-electron chi connectivity index (χ1n) is 4.20. The predicted molar refractivity (Wildman–Crippen MR) is 42.1 cm³/mol. The van der Waals surface area contributed by atoms with Gasteiger partial charge in [0.25, 0.3) is 0 Å². The molecule has 1 rings (SSSR count). The molecule has 0 aromatic carbocycles. The minimum Gasteiger partial charge on any atom is -0.381 e. The van der Waals surface area contributed by atoms with Crippen LogP contribution in [0.2, 0.25) is 0 Å². The highest BCUT2D eigenvalue weighted by Crippen LogP contribution is 2.27. The summed E-state index contributed by atoms with van der Waals surface area (Å²) >= 11 is 0. The zero-order chi connectivity index (χ0) is 9.19. The molecule has 1 fully saturated rings. The van der Waals surface area contributed by atoms with Crippen LogP contribution < -0.4 is 5.73 Å². The molecule has 0 radical (unpaired) electrons. The van der Waals surface area contributed by atoms with E-state index in [9.17, 15) is 8.78 Å². The zero-order valence-electron chi connectivity index (χ0n) is 7.22. The van der Waals surface area contributed by atoms with E-state index in [2.05, 4.69) is 0 Å². The van der Waals surface area contributed by atoms with Crippen LogP contribution in [0, 0.1) is 5.92 Å². The smallest absolute Gasteiger partial charge is 0.245 e. The van der Waals surface area contributed by atoms with Gasteiger partial charge in [0.15, 0.2) is 0 Å². The van der Waals surface area contributed by atoms with E-state index in [1.807, 2.05) is 0 Å². The van der Waals surface area contributed by atoms with Crippen molar-refractivity contribution >= 4 is 0 Å². The Morgan fingerprint density at radius 1 is 1.58 bits per heavy atom. The molecule has 0 amide bonds. The van der Waals surface area contributed by atoms with Crippen molar-refractivity contribution in [3.05, 3.63) is 0 Å². The van der Waals surface area contributed by atoms with E-state index in [-0.39, 0.29) is 18.4 Å². The summed E-state index contributed by atoms with van der Waals surface area (Å²) in [5.41, 5.74) is 5.67. The SMILES string of the molecule is CC(F)(F)CC1COCCC1N. The topological polar surface area (TPSA) is 35.2 Å². The van der Waals surface area contributed by atoms with E-state index in [0.717, 1.165) is 6.92 Å². The molecule has 0 bridgehead atoms. The molecule has 4 heteroatoms. The summed E-state index contributed by atoms with van der Waals surface area (Å²) < 4.78 is 30.2. The third-order valence-electron chi connectivity index (χ3n) is 2.15. The molecule has 72 valence electrons. The fraction of sp³-hybridized carbons (Fsp3) is 1.00. The Labute approximate surface area is 71.1 Å². The molecule has 1 heterocycles. The van der Waals surface area contributed by atoms with Crippen molar-refractivity contribution in [2.24, 2.45) is 11.7 Å². The fourth-order valence-corrected chi connectivity index (χ4v) is 1.48. The molecule has 0 aliphatic carbocycles. The Hall–Kier alpha value is -0.220. The summed E-state index contributed by atoms with van der Waals surface area (Å²) in [5, 5.41) is 0. The lowest BCUT2D eigenvalue weighted by molar-refractivity contribution is -0.0419. The second kappa shape index (κ2) is 3.66. The van der Waals surface area contributed by atoms with Gasteiger partial charge in [-0.1, -0.05) is 0 Å². The maximum absolute atomic E-state index is 12.6. The fourth-order valence-electron chi connectivity index (χ4n) is 1.48. The van der Waals surface area contributed by atoms with Crippen molar-refractivity contribution in [3.63, 3.8) is 0 Å². The predicted octanol–water partition coefficient (Wildman–Crippen LogP) is 1.40. The van der Waals surface area contributed by atoms with Crippen LogP contribution in [0.5, 0.6) is 0 Å². The van der Waals surface area contributed by atoms with Gasteiger partial charge in [0, 0.05) is 25.0 Å². The quantitative estimate of drug-likeness (QED) is 0.695. The molecule has 1 aliphatic rings. The van der Waals surface area contributed by atoms with Crippen molar-refractivity contribution in [2.75, 3.05) is 13.2 Å². The van der Waals surface area contributed by atoms with Gasteiger partial charge in [0.2, 0.25) is 5.92 Å². The van der Waals surface area contributed by atoms with Crippen LogP contribution in [0.25, 0.3) is 0 Å². The first-order chi connectivity index (χ1) is 5.49. The summed E-state index contributed by atoms with van der Waals surface area (Å²) in [6, 6.07) is -0.121. The van der Waals surface area contributed by atoms with Gasteiger partial charge in [-0.15, -0.1) is 0 Å². The van der Waals surface area contributed by atoms with Gasteiger partial charge >= 0.3 is 0 Å². The molecule has 1 aliphatic heterocycles. The van der Waals surface area contributed by atoms with Crippen LogP contribution in [0.4, 0.5) is 8.78 Å². The summed E-state index contributed by atoms with van der Waals surface area (Å²) in [5.74, 6) is -2.80. The third-order valence-corrected chi connectivity index (χ3v) is 2.15. The second-order valence-corrected chi connectivity index (χ2v) is 3.56.